The van der Waals surface area contributed by atoms with Crippen molar-refractivity contribution in [2.45, 2.75) is 13.8 Å². The van der Waals surface area contributed by atoms with E-state index in [-0.39, 0.29) is 11.5 Å². The highest BCUT2D eigenvalue weighted by Gasteiger charge is 2.15. The summed E-state index contributed by atoms with van der Waals surface area (Å²) in [6, 6.07) is 14.0. The summed E-state index contributed by atoms with van der Waals surface area (Å²) >= 11 is 0. The predicted octanol–water partition coefficient (Wildman–Crippen LogP) is 4.20. The Balaban J connectivity index is 2.00. The van der Waals surface area contributed by atoms with Gasteiger partial charge in [-0.3, -0.25) is 4.79 Å². The van der Waals surface area contributed by atoms with E-state index in [2.05, 4.69) is 13.8 Å². The van der Waals surface area contributed by atoms with Crippen LogP contribution in [0.15, 0.2) is 57.7 Å². The predicted molar refractivity (Wildman–Crippen MR) is 89.9 cm³/mol. The fourth-order valence-electron chi connectivity index (χ4n) is 2.29. The first-order chi connectivity index (χ1) is 11.1. The third-order valence-corrected chi connectivity index (χ3v) is 3.47. The first kappa shape index (κ1) is 15.2. The van der Waals surface area contributed by atoms with Crippen LogP contribution in [0.2, 0.25) is 0 Å². The van der Waals surface area contributed by atoms with Gasteiger partial charge in [-0.25, -0.2) is 0 Å². The lowest BCUT2D eigenvalue weighted by atomic mass is 10.1. The van der Waals surface area contributed by atoms with Crippen LogP contribution < -0.4 is 10.2 Å². The fraction of sp³-hybridized carbons (Fsp3) is 0.211. The van der Waals surface area contributed by atoms with Crippen LogP contribution in [0.4, 0.5) is 0 Å². The molecule has 0 aliphatic heterocycles. The van der Waals surface area contributed by atoms with Crippen molar-refractivity contribution in [1.29, 1.82) is 0 Å². The number of benzene rings is 2. The number of rotatable bonds is 4. The molecule has 4 nitrogen and oxygen atoms in total. The van der Waals surface area contributed by atoms with Gasteiger partial charge in [0.2, 0.25) is 11.2 Å². The van der Waals surface area contributed by atoms with Crippen LogP contribution in [0.1, 0.15) is 13.8 Å². The molecule has 0 fully saturated rings. The summed E-state index contributed by atoms with van der Waals surface area (Å²) in [5, 5.41) is 10.5. The Morgan fingerprint density at radius 2 is 1.78 bits per heavy atom. The lowest BCUT2D eigenvalue weighted by Crippen LogP contribution is -2.04. The Morgan fingerprint density at radius 1 is 1.09 bits per heavy atom. The van der Waals surface area contributed by atoms with Gasteiger partial charge in [-0.2, -0.15) is 0 Å². The number of hydrogen-bond donors (Lipinski definition) is 1. The van der Waals surface area contributed by atoms with Crippen molar-refractivity contribution in [3.8, 4) is 22.8 Å². The molecule has 3 rings (SSSR count). The molecule has 0 saturated heterocycles. The molecule has 3 aromatic rings. The Labute approximate surface area is 134 Å². The maximum atomic E-state index is 12.2. The summed E-state index contributed by atoms with van der Waals surface area (Å²) in [7, 11) is 0. The second-order valence-corrected chi connectivity index (χ2v) is 5.83. The molecule has 0 aliphatic rings. The molecule has 1 N–H and O–H groups in total. The number of aromatic hydroxyl groups is 1. The summed E-state index contributed by atoms with van der Waals surface area (Å²) in [5.74, 6) is 0.978. The van der Waals surface area contributed by atoms with Gasteiger partial charge in [-0.05, 0) is 42.3 Å². The Bertz CT molecular complexity index is 876. The molecule has 1 aromatic heterocycles. The molecule has 23 heavy (non-hydrogen) atoms. The van der Waals surface area contributed by atoms with E-state index in [4.69, 9.17) is 9.15 Å². The molecule has 0 amide bonds. The highest BCUT2D eigenvalue weighted by atomic mass is 16.5. The number of para-hydroxylation sites is 1. The van der Waals surface area contributed by atoms with Crippen LogP contribution in [-0.4, -0.2) is 11.7 Å². The average Bonchev–Trinajstić information content (AvgIpc) is 2.57. The van der Waals surface area contributed by atoms with Gasteiger partial charge in [0.25, 0.3) is 0 Å². The summed E-state index contributed by atoms with van der Waals surface area (Å²) in [6.07, 6.45) is 0. The van der Waals surface area contributed by atoms with Crippen LogP contribution >= 0.6 is 0 Å². The summed E-state index contributed by atoms with van der Waals surface area (Å²) in [6.45, 7) is 4.79. The molecular weight excluding hydrogens is 292 g/mol. The first-order valence-electron chi connectivity index (χ1n) is 7.54. The molecule has 0 bridgehead atoms. The summed E-state index contributed by atoms with van der Waals surface area (Å²) < 4.78 is 11.3. The van der Waals surface area contributed by atoms with Crippen LogP contribution in [0, 0.1) is 5.92 Å². The quantitative estimate of drug-likeness (QED) is 0.784. The van der Waals surface area contributed by atoms with E-state index in [0.717, 1.165) is 5.75 Å². The minimum Gasteiger partial charge on any atom is -0.502 e. The van der Waals surface area contributed by atoms with E-state index in [1.807, 2.05) is 0 Å². The molecule has 0 spiro atoms. The maximum Gasteiger partial charge on any atom is 0.235 e. The first-order valence-corrected chi connectivity index (χ1v) is 7.54. The third kappa shape index (κ3) is 3.06. The molecule has 0 radical (unpaired) electrons. The van der Waals surface area contributed by atoms with Gasteiger partial charge in [0.15, 0.2) is 5.76 Å². The highest BCUT2D eigenvalue weighted by molar-refractivity contribution is 5.81. The van der Waals surface area contributed by atoms with Gasteiger partial charge in [0.1, 0.15) is 11.3 Å². The molecule has 0 aliphatic carbocycles. The summed E-state index contributed by atoms with van der Waals surface area (Å²) in [4.78, 5) is 12.2. The van der Waals surface area contributed by atoms with Crippen LogP contribution in [0.25, 0.3) is 22.3 Å². The highest BCUT2D eigenvalue weighted by Crippen LogP contribution is 2.30. The lowest BCUT2D eigenvalue weighted by Gasteiger charge is -2.10. The molecule has 1 heterocycles. The Hall–Kier alpha value is -2.75. The standard InChI is InChI=1S/C19H18O4/c1-12(2)11-22-14-9-7-13(8-10-14)19-18(21)17(20)15-5-3-4-6-16(15)23-19/h3-10,12,21H,11H2,1-2H3. The second kappa shape index (κ2) is 6.16. The van der Waals surface area contributed by atoms with E-state index in [1.165, 1.54) is 0 Å². The van der Waals surface area contributed by atoms with E-state index >= 15 is 0 Å². The van der Waals surface area contributed by atoms with Gasteiger partial charge >= 0.3 is 0 Å². The minimum atomic E-state index is -0.429. The van der Waals surface area contributed by atoms with E-state index < -0.39 is 5.43 Å². The minimum absolute atomic E-state index is 0.170. The second-order valence-electron chi connectivity index (χ2n) is 5.83. The number of hydrogen-bond acceptors (Lipinski definition) is 4. The van der Waals surface area contributed by atoms with Gasteiger partial charge in [0.05, 0.1) is 12.0 Å². The molecule has 2 aromatic carbocycles. The van der Waals surface area contributed by atoms with Crippen LogP contribution in [-0.2, 0) is 0 Å². The molecule has 0 unspecified atom stereocenters. The van der Waals surface area contributed by atoms with Crippen molar-refractivity contribution in [3.63, 3.8) is 0 Å². The smallest absolute Gasteiger partial charge is 0.235 e. The normalized spacial score (nSPS) is 11.1. The number of ether oxygens (including phenoxy) is 1. The topological polar surface area (TPSA) is 59.7 Å². The Morgan fingerprint density at radius 3 is 2.48 bits per heavy atom. The summed E-state index contributed by atoms with van der Waals surface area (Å²) in [5.41, 5.74) is 0.648. The lowest BCUT2D eigenvalue weighted by molar-refractivity contribution is 0.271. The average molecular weight is 310 g/mol. The zero-order valence-electron chi connectivity index (χ0n) is 13.1. The van der Waals surface area contributed by atoms with Crippen molar-refractivity contribution in [3.05, 3.63) is 58.8 Å². The van der Waals surface area contributed by atoms with Gasteiger partial charge < -0.3 is 14.3 Å². The molecule has 4 heteroatoms. The van der Waals surface area contributed by atoms with Crippen molar-refractivity contribution < 1.29 is 14.3 Å². The van der Waals surface area contributed by atoms with Crippen LogP contribution in [0.5, 0.6) is 11.5 Å². The van der Waals surface area contributed by atoms with E-state index in [9.17, 15) is 9.90 Å². The zero-order chi connectivity index (χ0) is 16.4. The molecular formula is C19H18O4. The van der Waals surface area contributed by atoms with Crippen molar-refractivity contribution in [2.75, 3.05) is 6.61 Å². The van der Waals surface area contributed by atoms with Gasteiger partial charge in [-0.15, -0.1) is 0 Å². The molecule has 0 atom stereocenters. The zero-order valence-corrected chi connectivity index (χ0v) is 13.1. The monoisotopic (exact) mass is 310 g/mol. The van der Waals surface area contributed by atoms with Gasteiger partial charge in [0, 0.05) is 5.56 Å². The third-order valence-electron chi connectivity index (χ3n) is 3.47. The largest absolute Gasteiger partial charge is 0.502 e. The van der Waals surface area contributed by atoms with Crippen molar-refractivity contribution >= 4 is 11.0 Å². The number of fused-ring (bicyclic) bond motifs is 1. The Kier molecular flexibility index (Phi) is 4.06. The van der Waals surface area contributed by atoms with Gasteiger partial charge in [-0.1, -0.05) is 26.0 Å². The molecule has 118 valence electrons. The van der Waals surface area contributed by atoms with E-state index in [1.54, 1.807) is 48.5 Å². The van der Waals surface area contributed by atoms with Crippen molar-refractivity contribution in [2.24, 2.45) is 5.92 Å². The maximum absolute atomic E-state index is 12.2. The van der Waals surface area contributed by atoms with Crippen LogP contribution in [0.3, 0.4) is 0 Å². The SMILES string of the molecule is CC(C)COc1ccc(-c2oc3ccccc3c(=O)c2O)cc1. The van der Waals surface area contributed by atoms with Crippen molar-refractivity contribution in [1.82, 2.24) is 0 Å². The van der Waals surface area contributed by atoms with E-state index in [0.29, 0.717) is 29.1 Å². The molecule has 0 saturated carbocycles. The fourth-order valence-corrected chi connectivity index (χ4v) is 2.29.